The van der Waals surface area contributed by atoms with Crippen LogP contribution in [0.25, 0.3) is 0 Å². The van der Waals surface area contributed by atoms with Crippen LogP contribution in [0.5, 0.6) is 0 Å². The van der Waals surface area contributed by atoms with Crippen molar-refractivity contribution in [2.24, 2.45) is 11.8 Å². The minimum absolute atomic E-state index is 0.0706. The zero-order chi connectivity index (χ0) is 17.8. The topological polar surface area (TPSA) is 78.4 Å². The summed E-state index contributed by atoms with van der Waals surface area (Å²) in [5.74, 6) is 1.44. The van der Waals surface area contributed by atoms with Crippen molar-refractivity contribution in [1.82, 2.24) is 20.2 Å². The number of nitrogens with zero attached hydrogens (tertiary/aromatic N) is 4. The number of anilines is 1. The summed E-state index contributed by atoms with van der Waals surface area (Å²) in [7, 11) is 0. The third-order valence-corrected chi connectivity index (χ3v) is 4.93. The molecule has 3 amide bonds. The molecule has 3 rings (SSSR count). The molecule has 0 saturated carbocycles. The van der Waals surface area contributed by atoms with Gasteiger partial charge in [-0.05, 0) is 43.6 Å². The Morgan fingerprint density at radius 1 is 1.28 bits per heavy atom. The molecule has 2 unspecified atom stereocenters. The van der Waals surface area contributed by atoms with Gasteiger partial charge in [-0.3, -0.25) is 9.69 Å². The molecule has 1 aromatic rings. The van der Waals surface area contributed by atoms with Crippen LogP contribution in [0, 0.1) is 11.8 Å². The lowest BCUT2D eigenvalue weighted by molar-refractivity contribution is -0.128. The van der Waals surface area contributed by atoms with Gasteiger partial charge in [0, 0.05) is 32.0 Å². The maximum absolute atomic E-state index is 12.6. The highest BCUT2D eigenvalue weighted by molar-refractivity contribution is 6.04. The highest BCUT2D eigenvalue weighted by Crippen LogP contribution is 2.23. The van der Waals surface area contributed by atoms with Crippen LogP contribution in [0.1, 0.15) is 39.5 Å². The Morgan fingerprint density at radius 2 is 2.04 bits per heavy atom. The molecule has 2 saturated heterocycles. The molecule has 2 aliphatic rings. The summed E-state index contributed by atoms with van der Waals surface area (Å²) < 4.78 is 0. The SMILES string of the molecule is CC(C)CCC1NC(=O)N(CC2CCCN(c3ncccn3)C2)C1=O. The summed E-state index contributed by atoms with van der Waals surface area (Å²) in [5.41, 5.74) is 0. The fourth-order valence-corrected chi connectivity index (χ4v) is 3.55. The first kappa shape index (κ1) is 17.6. The Bertz CT molecular complexity index is 607. The highest BCUT2D eigenvalue weighted by atomic mass is 16.2. The van der Waals surface area contributed by atoms with Crippen LogP contribution in [0.3, 0.4) is 0 Å². The van der Waals surface area contributed by atoms with Crippen molar-refractivity contribution in [3.05, 3.63) is 18.5 Å². The van der Waals surface area contributed by atoms with E-state index in [1.165, 1.54) is 4.90 Å². The largest absolute Gasteiger partial charge is 0.340 e. The second kappa shape index (κ2) is 7.80. The van der Waals surface area contributed by atoms with Crippen LogP contribution in [0.4, 0.5) is 10.7 Å². The molecular weight excluding hydrogens is 318 g/mol. The molecule has 25 heavy (non-hydrogen) atoms. The molecule has 3 heterocycles. The number of nitrogens with one attached hydrogen (secondary N) is 1. The zero-order valence-electron chi connectivity index (χ0n) is 15.0. The van der Waals surface area contributed by atoms with Gasteiger partial charge >= 0.3 is 6.03 Å². The Kier molecular flexibility index (Phi) is 5.50. The van der Waals surface area contributed by atoms with E-state index in [2.05, 4.69) is 34.0 Å². The van der Waals surface area contributed by atoms with Crippen molar-refractivity contribution in [3.63, 3.8) is 0 Å². The van der Waals surface area contributed by atoms with Crippen molar-refractivity contribution in [2.75, 3.05) is 24.5 Å². The minimum atomic E-state index is -0.355. The first-order valence-corrected chi connectivity index (χ1v) is 9.18. The molecule has 1 aromatic heterocycles. The van der Waals surface area contributed by atoms with Crippen molar-refractivity contribution in [3.8, 4) is 0 Å². The molecule has 7 nitrogen and oxygen atoms in total. The van der Waals surface area contributed by atoms with E-state index < -0.39 is 0 Å². The van der Waals surface area contributed by atoms with E-state index in [9.17, 15) is 9.59 Å². The monoisotopic (exact) mass is 345 g/mol. The number of hydrogen-bond donors (Lipinski definition) is 1. The molecule has 1 N–H and O–H groups in total. The van der Waals surface area contributed by atoms with Gasteiger partial charge in [0.05, 0.1) is 0 Å². The predicted molar refractivity (Wildman–Crippen MR) is 95.1 cm³/mol. The standard InChI is InChI=1S/C18H27N5O2/c1-13(2)6-7-15-16(24)23(18(25)21-15)12-14-5-3-10-22(11-14)17-19-8-4-9-20-17/h4,8-9,13-15H,3,5-7,10-12H2,1-2H3,(H,21,25). The van der Waals surface area contributed by atoms with Gasteiger partial charge in [0.1, 0.15) is 6.04 Å². The second-order valence-electron chi connectivity index (χ2n) is 7.43. The highest BCUT2D eigenvalue weighted by Gasteiger charge is 2.39. The Balaban J connectivity index is 1.58. The van der Waals surface area contributed by atoms with Gasteiger partial charge in [0.2, 0.25) is 5.95 Å². The smallest absolute Gasteiger partial charge is 0.324 e. The maximum Gasteiger partial charge on any atom is 0.324 e. The van der Waals surface area contributed by atoms with Gasteiger partial charge in [0.25, 0.3) is 5.91 Å². The van der Waals surface area contributed by atoms with Gasteiger partial charge in [-0.25, -0.2) is 14.8 Å². The quantitative estimate of drug-likeness (QED) is 0.798. The van der Waals surface area contributed by atoms with E-state index in [1.807, 2.05) is 0 Å². The summed E-state index contributed by atoms with van der Waals surface area (Å²) in [6, 6.07) is 1.20. The van der Waals surface area contributed by atoms with E-state index in [1.54, 1.807) is 18.5 Å². The average Bonchev–Trinajstić information content (AvgIpc) is 2.88. The number of piperidine rings is 1. The second-order valence-corrected chi connectivity index (χ2v) is 7.43. The van der Waals surface area contributed by atoms with E-state index in [4.69, 9.17) is 0 Å². The number of rotatable bonds is 6. The van der Waals surface area contributed by atoms with E-state index >= 15 is 0 Å². The van der Waals surface area contributed by atoms with Crippen LogP contribution in [0.15, 0.2) is 18.5 Å². The minimum Gasteiger partial charge on any atom is -0.340 e. The zero-order valence-corrected chi connectivity index (χ0v) is 15.0. The molecule has 0 spiro atoms. The van der Waals surface area contributed by atoms with Crippen molar-refractivity contribution in [2.45, 2.75) is 45.6 Å². The summed E-state index contributed by atoms with van der Waals surface area (Å²) in [6.45, 7) is 6.42. The fourth-order valence-electron chi connectivity index (χ4n) is 3.55. The normalized spacial score (nSPS) is 24.1. The average molecular weight is 345 g/mol. The molecule has 2 fully saturated rings. The number of aromatic nitrogens is 2. The Morgan fingerprint density at radius 3 is 2.76 bits per heavy atom. The first-order chi connectivity index (χ1) is 12.0. The third-order valence-electron chi connectivity index (χ3n) is 4.93. The molecule has 0 radical (unpaired) electrons. The van der Waals surface area contributed by atoms with Crippen LogP contribution in [0.2, 0.25) is 0 Å². The molecule has 0 aromatic carbocycles. The number of amides is 3. The maximum atomic E-state index is 12.6. The van der Waals surface area contributed by atoms with Crippen LogP contribution < -0.4 is 10.2 Å². The van der Waals surface area contributed by atoms with Crippen molar-refractivity contribution >= 4 is 17.9 Å². The lowest BCUT2D eigenvalue weighted by atomic mass is 9.97. The molecule has 2 aliphatic heterocycles. The summed E-state index contributed by atoms with van der Waals surface area (Å²) >= 11 is 0. The summed E-state index contributed by atoms with van der Waals surface area (Å²) in [6.07, 6.45) is 7.16. The van der Waals surface area contributed by atoms with Gasteiger partial charge < -0.3 is 10.2 Å². The third kappa shape index (κ3) is 4.27. The van der Waals surface area contributed by atoms with Gasteiger partial charge in [-0.2, -0.15) is 0 Å². The summed E-state index contributed by atoms with van der Waals surface area (Å²) in [4.78, 5) is 36.9. The predicted octanol–water partition coefficient (Wildman–Crippen LogP) is 2.05. The van der Waals surface area contributed by atoms with Crippen LogP contribution in [-0.2, 0) is 4.79 Å². The van der Waals surface area contributed by atoms with Crippen molar-refractivity contribution in [1.29, 1.82) is 0 Å². The lowest BCUT2D eigenvalue weighted by Gasteiger charge is -2.34. The molecule has 2 atom stereocenters. The Hall–Kier alpha value is -2.18. The van der Waals surface area contributed by atoms with Gasteiger partial charge in [0.15, 0.2) is 0 Å². The molecule has 0 aliphatic carbocycles. The molecular formula is C18H27N5O2. The number of carbonyl (C=O) groups is 2. The number of imide groups is 1. The molecule has 0 bridgehead atoms. The van der Waals surface area contributed by atoms with Crippen LogP contribution >= 0.6 is 0 Å². The van der Waals surface area contributed by atoms with Gasteiger partial charge in [-0.1, -0.05) is 13.8 Å². The number of carbonyl (C=O) groups excluding carboxylic acids is 2. The number of urea groups is 1. The van der Waals surface area contributed by atoms with Crippen LogP contribution in [-0.4, -0.2) is 52.5 Å². The Labute approximate surface area is 148 Å². The molecule has 136 valence electrons. The summed E-state index contributed by atoms with van der Waals surface area (Å²) in [5, 5.41) is 2.84. The van der Waals surface area contributed by atoms with Gasteiger partial charge in [-0.15, -0.1) is 0 Å². The van der Waals surface area contributed by atoms with E-state index in [0.29, 0.717) is 18.9 Å². The number of hydrogen-bond acceptors (Lipinski definition) is 5. The van der Waals surface area contributed by atoms with E-state index in [-0.39, 0.29) is 23.9 Å². The van der Waals surface area contributed by atoms with E-state index in [0.717, 1.165) is 38.3 Å². The fraction of sp³-hybridized carbons (Fsp3) is 0.667. The van der Waals surface area contributed by atoms with Crippen molar-refractivity contribution < 1.29 is 9.59 Å². The first-order valence-electron chi connectivity index (χ1n) is 9.18. The lowest BCUT2D eigenvalue weighted by Crippen LogP contribution is -2.43. The molecule has 7 heteroatoms.